The highest BCUT2D eigenvalue weighted by molar-refractivity contribution is 7.93. The van der Waals surface area contributed by atoms with Crippen LogP contribution in [-0.2, 0) is 27.7 Å². The van der Waals surface area contributed by atoms with Crippen molar-refractivity contribution in [3.63, 3.8) is 0 Å². The van der Waals surface area contributed by atoms with Gasteiger partial charge in [-0.25, -0.2) is 13.4 Å². The Labute approximate surface area is 173 Å². The van der Waals surface area contributed by atoms with Crippen LogP contribution < -0.4 is 14.8 Å². The number of benzene rings is 2. The Morgan fingerprint density at radius 1 is 1.10 bits per heavy atom. The van der Waals surface area contributed by atoms with Crippen LogP contribution in [0.25, 0.3) is 0 Å². The number of sulfonamides is 1. The topological polar surface area (TPSA) is 97.4 Å². The molecule has 2 N–H and O–H groups in total. The number of nitrogens with one attached hydrogen (secondary N) is 2. The Kier molecular flexibility index (Phi) is 6.84. The molecule has 2 aromatic carbocycles. The fourth-order valence-corrected chi connectivity index (χ4v) is 4.54. The Morgan fingerprint density at radius 3 is 2.52 bits per heavy atom. The molecule has 9 heteroatoms. The molecule has 0 aliphatic rings. The van der Waals surface area contributed by atoms with Crippen LogP contribution in [0.1, 0.15) is 11.3 Å². The van der Waals surface area contributed by atoms with E-state index in [1.54, 1.807) is 17.5 Å². The van der Waals surface area contributed by atoms with Gasteiger partial charge in [0.1, 0.15) is 5.75 Å². The molecule has 0 radical (unpaired) electrons. The van der Waals surface area contributed by atoms with Gasteiger partial charge in [0.15, 0.2) is 5.13 Å². The third-order valence-corrected chi connectivity index (χ3v) is 6.35. The van der Waals surface area contributed by atoms with E-state index in [9.17, 15) is 13.2 Å². The molecule has 7 nitrogen and oxygen atoms in total. The third-order valence-electron chi connectivity index (χ3n) is 4.06. The van der Waals surface area contributed by atoms with Gasteiger partial charge in [-0.3, -0.25) is 9.52 Å². The van der Waals surface area contributed by atoms with E-state index in [-0.39, 0.29) is 22.4 Å². The Morgan fingerprint density at radius 2 is 1.83 bits per heavy atom. The SMILES string of the molecule is COc1ccc(S(=O)(=O)Nc2nc(CC(=O)NCCc3ccccc3)cs2)cc1. The number of carbonyl (C=O) groups excluding carboxylic acids is 1. The molecule has 0 saturated heterocycles. The minimum Gasteiger partial charge on any atom is -0.497 e. The van der Waals surface area contributed by atoms with Gasteiger partial charge in [-0.1, -0.05) is 30.3 Å². The number of carbonyl (C=O) groups is 1. The van der Waals surface area contributed by atoms with Crippen molar-refractivity contribution < 1.29 is 17.9 Å². The summed E-state index contributed by atoms with van der Waals surface area (Å²) < 4.78 is 32.4. The second kappa shape index (κ2) is 9.53. The van der Waals surface area contributed by atoms with Gasteiger partial charge in [0.05, 0.1) is 24.1 Å². The van der Waals surface area contributed by atoms with E-state index in [1.165, 1.54) is 19.2 Å². The van der Waals surface area contributed by atoms with Crippen molar-refractivity contribution in [2.24, 2.45) is 0 Å². The summed E-state index contributed by atoms with van der Waals surface area (Å²) in [5.41, 5.74) is 1.66. The summed E-state index contributed by atoms with van der Waals surface area (Å²) in [6, 6.07) is 15.9. The van der Waals surface area contributed by atoms with Gasteiger partial charge in [-0.2, -0.15) is 0 Å². The summed E-state index contributed by atoms with van der Waals surface area (Å²) in [4.78, 5) is 16.4. The Balaban J connectivity index is 1.52. The average Bonchev–Trinajstić information content (AvgIpc) is 3.14. The standard InChI is InChI=1S/C20H21N3O4S2/c1-27-17-7-9-18(10-8-17)29(25,26)23-20-22-16(14-28-20)13-19(24)21-12-11-15-5-3-2-4-6-15/h2-10,14H,11-13H2,1H3,(H,21,24)(H,22,23). The Hall–Kier alpha value is -2.91. The lowest BCUT2D eigenvalue weighted by atomic mass is 10.1. The van der Waals surface area contributed by atoms with E-state index < -0.39 is 10.0 Å². The van der Waals surface area contributed by atoms with Crippen molar-refractivity contribution in [1.29, 1.82) is 0 Å². The first kappa shape index (κ1) is 20.8. The number of amides is 1. The number of rotatable bonds is 9. The number of nitrogens with zero attached hydrogens (tertiary/aromatic N) is 1. The summed E-state index contributed by atoms with van der Waals surface area (Å²) in [5, 5.41) is 4.73. The summed E-state index contributed by atoms with van der Waals surface area (Å²) in [6.45, 7) is 0.532. The molecule has 0 bridgehead atoms. The van der Waals surface area contributed by atoms with Crippen molar-refractivity contribution in [1.82, 2.24) is 10.3 Å². The molecular weight excluding hydrogens is 410 g/mol. The minimum absolute atomic E-state index is 0.0928. The van der Waals surface area contributed by atoms with E-state index in [4.69, 9.17) is 4.74 Å². The maximum atomic E-state index is 12.4. The van der Waals surface area contributed by atoms with E-state index in [0.717, 1.165) is 23.3 Å². The molecular formula is C20H21N3O4S2. The maximum Gasteiger partial charge on any atom is 0.263 e. The molecule has 3 rings (SSSR count). The molecule has 29 heavy (non-hydrogen) atoms. The molecule has 0 aliphatic carbocycles. The summed E-state index contributed by atoms with van der Waals surface area (Å²) >= 11 is 1.14. The van der Waals surface area contributed by atoms with E-state index >= 15 is 0 Å². The largest absolute Gasteiger partial charge is 0.497 e. The van der Waals surface area contributed by atoms with E-state index in [0.29, 0.717) is 18.0 Å². The quantitative estimate of drug-likeness (QED) is 0.543. The highest BCUT2D eigenvalue weighted by atomic mass is 32.2. The van der Waals surface area contributed by atoms with Gasteiger partial charge in [0.2, 0.25) is 5.91 Å². The first-order valence-electron chi connectivity index (χ1n) is 8.88. The lowest BCUT2D eigenvalue weighted by molar-refractivity contribution is -0.120. The normalized spacial score (nSPS) is 11.1. The smallest absolute Gasteiger partial charge is 0.263 e. The van der Waals surface area contributed by atoms with Crippen LogP contribution >= 0.6 is 11.3 Å². The van der Waals surface area contributed by atoms with Gasteiger partial charge in [-0.05, 0) is 36.2 Å². The van der Waals surface area contributed by atoms with Crippen molar-refractivity contribution in [2.75, 3.05) is 18.4 Å². The fraction of sp³-hybridized carbons (Fsp3) is 0.200. The summed E-state index contributed by atoms with van der Waals surface area (Å²) in [6.07, 6.45) is 0.839. The van der Waals surface area contributed by atoms with Gasteiger partial charge in [0, 0.05) is 11.9 Å². The predicted octanol–water partition coefficient (Wildman–Crippen LogP) is 2.85. The summed E-state index contributed by atoms with van der Waals surface area (Å²) in [5.74, 6) is 0.412. The van der Waals surface area contributed by atoms with Crippen LogP contribution in [0.4, 0.5) is 5.13 Å². The zero-order valence-corrected chi connectivity index (χ0v) is 17.4. The molecule has 1 heterocycles. The number of aromatic nitrogens is 1. The van der Waals surface area contributed by atoms with Crippen molar-refractivity contribution in [3.8, 4) is 5.75 Å². The number of thiazole rings is 1. The molecule has 152 valence electrons. The highest BCUT2D eigenvalue weighted by Crippen LogP contribution is 2.22. The fourth-order valence-electron chi connectivity index (χ4n) is 2.58. The predicted molar refractivity (Wildman–Crippen MR) is 113 cm³/mol. The van der Waals surface area contributed by atoms with Crippen molar-refractivity contribution >= 4 is 32.4 Å². The molecule has 0 atom stereocenters. The maximum absolute atomic E-state index is 12.4. The van der Waals surface area contributed by atoms with Crippen molar-refractivity contribution in [2.45, 2.75) is 17.7 Å². The first-order valence-corrected chi connectivity index (χ1v) is 11.2. The highest BCUT2D eigenvalue weighted by Gasteiger charge is 2.17. The molecule has 0 spiro atoms. The first-order chi connectivity index (χ1) is 14.0. The zero-order chi connectivity index (χ0) is 20.7. The van der Waals surface area contributed by atoms with Gasteiger partial charge >= 0.3 is 0 Å². The number of ether oxygens (including phenoxy) is 1. The second-order valence-corrected chi connectivity index (χ2v) is 8.73. The van der Waals surface area contributed by atoms with Gasteiger partial charge < -0.3 is 10.1 Å². The van der Waals surface area contributed by atoms with Crippen LogP contribution in [0, 0.1) is 0 Å². The van der Waals surface area contributed by atoms with Crippen LogP contribution in [0.2, 0.25) is 0 Å². The second-order valence-electron chi connectivity index (χ2n) is 6.19. The van der Waals surface area contributed by atoms with Crippen LogP contribution in [0.3, 0.4) is 0 Å². The molecule has 0 aliphatic heterocycles. The molecule has 0 fully saturated rings. The average molecular weight is 432 g/mol. The van der Waals surface area contributed by atoms with Crippen LogP contribution in [0.15, 0.2) is 64.9 Å². The molecule has 0 saturated carbocycles. The minimum atomic E-state index is -3.76. The van der Waals surface area contributed by atoms with E-state index in [1.807, 2.05) is 30.3 Å². The van der Waals surface area contributed by atoms with Crippen LogP contribution in [-0.4, -0.2) is 33.0 Å². The molecule has 1 aromatic heterocycles. The number of hydrogen-bond donors (Lipinski definition) is 2. The molecule has 0 unspecified atom stereocenters. The third kappa shape index (κ3) is 6.03. The monoisotopic (exact) mass is 431 g/mol. The van der Waals surface area contributed by atoms with Crippen molar-refractivity contribution in [3.05, 3.63) is 71.2 Å². The van der Waals surface area contributed by atoms with Crippen LogP contribution in [0.5, 0.6) is 5.75 Å². The molecule has 1 amide bonds. The number of anilines is 1. The molecule has 3 aromatic rings. The number of hydrogen-bond acceptors (Lipinski definition) is 6. The number of methoxy groups -OCH3 is 1. The lowest BCUT2D eigenvalue weighted by Gasteiger charge is -2.06. The lowest BCUT2D eigenvalue weighted by Crippen LogP contribution is -2.27. The van der Waals surface area contributed by atoms with Gasteiger partial charge in [0.25, 0.3) is 10.0 Å². The Bertz CT molecular complexity index is 1050. The van der Waals surface area contributed by atoms with Gasteiger partial charge in [-0.15, -0.1) is 11.3 Å². The van der Waals surface area contributed by atoms with E-state index in [2.05, 4.69) is 15.0 Å². The zero-order valence-electron chi connectivity index (χ0n) is 15.8. The summed E-state index contributed by atoms with van der Waals surface area (Å²) in [7, 11) is -2.25.